The smallest absolute Gasteiger partial charge is 0.286 e. The highest BCUT2D eigenvalue weighted by molar-refractivity contribution is 9.10. The van der Waals surface area contributed by atoms with Gasteiger partial charge in [0.1, 0.15) is 18.6 Å². The molecule has 2 amide bonds. The lowest BCUT2D eigenvalue weighted by Crippen LogP contribution is -2.43. The van der Waals surface area contributed by atoms with Gasteiger partial charge < -0.3 is 4.57 Å². The third-order valence-electron chi connectivity index (χ3n) is 2.22. The number of hydrogen-bond acceptors (Lipinski definition) is 5. The summed E-state index contributed by atoms with van der Waals surface area (Å²) >= 11 is 3.26. The van der Waals surface area contributed by atoms with E-state index in [1.54, 1.807) is 23.9 Å². The molecule has 0 fully saturated rings. The van der Waals surface area contributed by atoms with Gasteiger partial charge in [-0.3, -0.25) is 20.4 Å². The van der Waals surface area contributed by atoms with Gasteiger partial charge in [0, 0.05) is 17.7 Å². The maximum absolute atomic E-state index is 11.8. The number of hydrazine groups is 1. The molecule has 2 aromatic rings. The van der Waals surface area contributed by atoms with Crippen LogP contribution in [0.25, 0.3) is 0 Å². The van der Waals surface area contributed by atoms with Crippen LogP contribution in [0.2, 0.25) is 0 Å². The van der Waals surface area contributed by atoms with E-state index in [1.165, 1.54) is 11.0 Å². The first-order chi connectivity index (χ1) is 9.06. The van der Waals surface area contributed by atoms with Crippen molar-refractivity contribution < 1.29 is 9.59 Å². The Bertz CT molecular complexity index is 592. The number of aromatic nitrogens is 5. The molecule has 0 saturated carbocycles. The lowest BCUT2D eigenvalue weighted by molar-refractivity contribution is -0.122. The number of halogens is 1. The summed E-state index contributed by atoms with van der Waals surface area (Å²) in [6.07, 6.45) is 3.04. The van der Waals surface area contributed by atoms with Gasteiger partial charge in [0.2, 0.25) is 0 Å². The van der Waals surface area contributed by atoms with Crippen molar-refractivity contribution in [2.45, 2.75) is 6.54 Å². The minimum atomic E-state index is -0.436. The number of nitrogens with zero attached hydrogens (tertiary/aromatic N) is 5. The van der Waals surface area contributed by atoms with Gasteiger partial charge in [-0.05, 0) is 32.4 Å². The van der Waals surface area contributed by atoms with E-state index in [4.69, 9.17) is 0 Å². The van der Waals surface area contributed by atoms with Crippen LogP contribution in [0.1, 0.15) is 10.5 Å². The Balaban J connectivity index is 1.87. The minimum absolute atomic E-state index is 0.0793. The number of carbonyl (C=O) groups is 2. The highest BCUT2D eigenvalue weighted by atomic mass is 79.9. The van der Waals surface area contributed by atoms with E-state index in [2.05, 4.69) is 42.3 Å². The molecule has 100 valence electrons. The highest BCUT2D eigenvalue weighted by Crippen LogP contribution is 2.13. The average Bonchev–Trinajstić information content (AvgIpc) is 2.96. The molecule has 0 aromatic carbocycles. The van der Waals surface area contributed by atoms with Crippen molar-refractivity contribution in [3.05, 3.63) is 28.8 Å². The molecule has 0 aliphatic rings. The largest absolute Gasteiger partial charge is 0.345 e. The number of rotatable bonds is 3. The number of amides is 2. The van der Waals surface area contributed by atoms with Gasteiger partial charge in [-0.15, -0.1) is 5.10 Å². The first-order valence-corrected chi connectivity index (χ1v) is 5.97. The van der Waals surface area contributed by atoms with Gasteiger partial charge in [-0.1, -0.05) is 0 Å². The van der Waals surface area contributed by atoms with Gasteiger partial charge >= 0.3 is 0 Å². The normalized spacial score (nSPS) is 10.2. The van der Waals surface area contributed by atoms with E-state index in [0.29, 0.717) is 5.69 Å². The zero-order valence-electron chi connectivity index (χ0n) is 9.87. The fourth-order valence-corrected chi connectivity index (χ4v) is 1.90. The lowest BCUT2D eigenvalue weighted by Gasteiger charge is -2.07. The molecule has 2 heterocycles. The summed E-state index contributed by atoms with van der Waals surface area (Å²) in [6.45, 7) is -0.0793. The van der Waals surface area contributed by atoms with Gasteiger partial charge in [-0.25, -0.2) is 4.68 Å². The second-order valence-corrected chi connectivity index (χ2v) is 4.58. The van der Waals surface area contributed by atoms with Crippen molar-refractivity contribution >= 4 is 27.7 Å². The summed E-state index contributed by atoms with van der Waals surface area (Å²) in [7, 11) is 1.72. The van der Waals surface area contributed by atoms with Crippen LogP contribution in [-0.4, -0.2) is 36.6 Å². The molecule has 19 heavy (non-hydrogen) atoms. The van der Waals surface area contributed by atoms with Crippen LogP contribution >= 0.6 is 15.9 Å². The first kappa shape index (κ1) is 13.2. The average molecular weight is 328 g/mol. The molecule has 10 heteroatoms. The van der Waals surface area contributed by atoms with Crippen LogP contribution in [-0.2, 0) is 18.4 Å². The summed E-state index contributed by atoms with van der Waals surface area (Å²) in [5.41, 5.74) is 4.99. The molecule has 2 aromatic heterocycles. The fraction of sp³-hybridized carbons (Fsp3) is 0.222. The second kappa shape index (κ2) is 5.61. The van der Waals surface area contributed by atoms with Crippen molar-refractivity contribution in [3.63, 3.8) is 0 Å². The quantitative estimate of drug-likeness (QED) is 0.720. The third kappa shape index (κ3) is 3.37. The molecule has 0 bridgehead atoms. The number of nitrogens with one attached hydrogen (secondary N) is 2. The monoisotopic (exact) mass is 327 g/mol. The molecule has 0 aliphatic carbocycles. The third-order valence-corrected chi connectivity index (χ3v) is 2.65. The summed E-state index contributed by atoms with van der Waals surface area (Å²) < 4.78 is 3.65. The van der Waals surface area contributed by atoms with E-state index in [1.807, 2.05) is 0 Å². The van der Waals surface area contributed by atoms with Crippen LogP contribution < -0.4 is 10.9 Å². The highest BCUT2D eigenvalue weighted by Gasteiger charge is 2.12. The molecule has 0 saturated heterocycles. The van der Waals surface area contributed by atoms with E-state index in [9.17, 15) is 9.59 Å². The van der Waals surface area contributed by atoms with Crippen LogP contribution in [0.3, 0.4) is 0 Å². The molecule has 2 N–H and O–H groups in total. The maximum Gasteiger partial charge on any atom is 0.286 e. The van der Waals surface area contributed by atoms with Crippen molar-refractivity contribution in [2.24, 2.45) is 7.05 Å². The number of hydrogen-bond donors (Lipinski definition) is 2. The number of carbonyl (C=O) groups excluding carboxylic acids is 2. The first-order valence-electron chi connectivity index (χ1n) is 5.18. The summed E-state index contributed by atoms with van der Waals surface area (Å²) in [5.74, 6) is -0.854. The van der Waals surface area contributed by atoms with Gasteiger partial charge in [0.05, 0.1) is 0 Å². The molecular formula is C9H10BrN7O2. The van der Waals surface area contributed by atoms with Crippen LogP contribution in [0.5, 0.6) is 0 Å². The zero-order valence-corrected chi connectivity index (χ0v) is 11.5. The molecule has 0 radical (unpaired) electrons. The van der Waals surface area contributed by atoms with Crippen LogP contribution in [0, 0.1) is 0 Å². The minimum Gasteiger partial charge on any atom is -0.345 e. The molecule has 0 aliphatic heterocycles. The maximum atomic E-state index is 11.8. The molecule has 0 atom stereocenters. The Morgan fingerprint density at radius 1 is 1.42 bits per heavy atom. The van der Waals surface area contributed by atoms with Crippen molar-refractivity contribution in [2.75, 3.05) is 0 Å². The molecule has 0 spiro atoms. The predicted octanol–water partition coefficient (Wildman–Crippen LogP) is -0.765. The van der Waals surface area contributed by atoms with Crippen LogP contribution in [0.4, 0.5) is 0 Å². The van der Waals surface area contributed by atoms with Crippen molar-refractivity contribution in [1.29, 1.82) is 0 Å². The van der Waals surface area contributed by atoms with E-state index in [-0.39, 0.29) is 6.54 Å². The molecule has 0 unspecified atom stereocenters. The number of aryl methyl sites for hydroxylation is 1. The van der Waals surface area contributed by atoms with Crippen molar-refractivity contribution in [3.8, 4) is 0 Å². The Morgan fingerprint density at radius 2 is 2.21 bits per heavy atom. The van der Waals surface area contributed by atoms with E-state index >= 15 is 0 Å². The van der Waals surface area contributed by atoms with Gasteiger partial charge in [0.25, 0.3) is 11.8 Å². The predicted molar refractivity (Wildman–Crippen MR) is 66.5 cm³/mol. The number of tetrazole rings is 1. The van der Waals surface area contributed by atoms with Crippen LogP contribution in [0.15, 0.2) is 23.1 Å². The standard InChI is InChI=1S/C9H10BrN7O2/c1-16-3-6(10)2-7(16)9(19)13-12-8(18)4-17-5-11-14-15-17/h2-3,5H,4H2,1H3,(H,12,18)(H,13,19). The van der Waals surface area contributed by atoms with Gasteiger partial charge in [-0.2, -0.15) is 0 Å². The molecular weight excluding hydrogens is 318 g/mol. The molecule has 9 nitrogen and oxygen atoms in total. The Hall–Kier alpha value is -2.23. The summed E-state index contributed by atoms with van der Waals surface area (Å²) in [6, 6.07) is 1.64. The molecule has 2 rings (SSSR count). The summed E-state index contributed by atoms with van der Waals surface area (Å²) in [5, 5.41) is 10.3. The topological polar surface area (TPSA) is 107 Å². The Kier molecular flexibility index (Phi) is 3.90. The van der Waals surface area contributed by atoms with Crippen molar-refractivity contribution in [1.82, 2.24) is 35.6 Å². The van der Waals surface area contributed by atoms with Gasteiger partial charge in [0.15, 0.2) is 0 Å². The second-order valence-electron chi connectivity index (χ2n) is 3.66. The zero-order chi connectivity index (χ0) is 13.8. The summed E-state index contributed by atoms with van der Waals surface area (Å²) in [4.78, 5) is 23.2. The fourth-order valence-electron chi connectivity index (χ4n) is 1.38. The lowest BCUT2D eigenvalue weighted by atomic mass is 10.4. The van der Waals surface area contributed by atoms with E-state index < -0.39 is 11.8 Å². The van der Waals surface area contributed by atoms with E-state index in [0.717, 1.165) is 4.47 Å². The Labute approximate surface area is 116 Å². The Morgan fingerprint density at radius 3 is 2.79 bits per heavy atom. The SMILES string of the molecule is Cn1cc(Br)cc1C(=O)NNC(=O)Cn1cnnn1.